The van der Waals surface area contributed by atoms with Crippen LogP contribution in [0.1, 0.15) is 19.8 Å². The van der Waals surface area contributed by atoms with Crippen LogP contribution in [0, 0.1) is 0 Å². The van der Waals surface area contributed by atoms with Crippen LogP contribution in [-0.4, -0.2) is 47.3 Å². The smallest absolute Gasteiger partial charge is 0.320 e. The lowest BCUT2D eigenvalue weighted by Gasteiger charge is -2.16. The van der Waals surface area contributed by atoms with Gasteiger partial charge in [0.15, 0.2) is 0 Å². The second-order valence-corrected chi connectivity index (χ2v) is 4.20. The number of hydrogen-bond donors (Lipinski definition) is 3. The molecule has 3 N–H and O–H groups in total. The van der Waals surface area contributed by atoms with Gasteiger partial charge in [0.2, 0.25) is 0 Å². The number of amides is 2. The second kappa shape index (κ2) is 8.49. The molecule has 108 valence electrons. The van der Waals surface area contributed by atoms with E-state index in [1.54, 1.807) is 24.1 Å². The molecule has 2 amide bonds. The van der Waals surface area contributed by atoms with Crippen LogP contribution in [0.25, 0.3) is 0 Å². The lowest BCUT2D eigenvalue weighted by atomic mass is 10.2. The molecular weight excluding hydrogens is 248 g/mol. The molecule has 1 rings (SSSR count). The van der Waals surface area contributed by atoms with Gasteiger partial charge in [0, 0.05) is 26.3 Å². The number of aliphatic hydroxyl groups is 1. The molecule has 0 aromatic carbocycles. The number of urea groups is 1. The van der Waals surface area contributed by atoms with E-state index in [0.717, 1.165) is 13.0 Å². The van der Waals surface area contributed by atoms with Gasteiger partial charge in [0.1, 0.15) is 5.82 Å². The first kappa shape index (κ1) is 15.5. The van der Waals surface area contributed by atoms with Crippen LogP contribution in [0.3, 0.4) is 0 Å². The van der Waals surface area contributed by atoms with Crippen molar-refractivity contribution in [1.82, 2.24) is 15.1 Å². The SMILES string of the molecule is CCCn1nccc1NC(=O)N[C@H](CO)CCOC. The molecule has 0 unspecified atom stereocenters. The summed E-state index contributed by atoms with van der Waals surface area (Å²) < 4.78 is 6.64. The summed E-state index contributed by atoms with van der Waals surface area (Å²) in [6.07, 6.45) is 3.14. The highest BCUT2D eigenvalue weighted by Crippen LogP contribution is 2.06. The van der Waals surface area contributed by atoms with Gasteiger partial charge in [-0.2, -0.15) is 5.10 Å². The normalized spacial score (nSPS) is 12.2. The van der Waals surface area contributed by atoms with E-state index in [2.05, 4.69) is 15.7 Å². The van der Waals surface area contributed by atoms with Crippen molar-refractivity contribution in [2.45, 2.75) is 32.4 Å². The van der Waals surface area contributed by atoms with Gasteiger partial charge in [0.05, 0.1) is 18.8 Å². The van der Waals surface area contributed by atoms with E-state index in [-0.39, 0.29) is 18.7 Å². The minimum Gasteiger partial charge on any atom is -0.394 e. The van der Waals surface area contributed by atoms with Crippen molar-refractivity contribution in [2.75, 3.05) is 25.6 Å². The van der Waals surface area contributed by atoms with Crippen LogP contribution in [0.5, 0.6) is 0 Å². The monoisotopic (exact) mass is 270 g/mol. The average molecular weight is 270 g/mol. The summed E-state index contributed by atoms with van der Waals surface area (Å²) in [4.78, 5) is 11.8. The molecule has 0 aliphatic rings. The highest BCUT2D eigenvalue weighted by molar-refractivity contribution is 5.88. The predicted octanol–water partition coefficient (Wildman–Crippen LogP) is 0.812. The van der Waals surface area contributed by atoms with E-state index in [9.17, 15) is 4.79 Å². The maximum Gasteiger partial charge on any atom is 0.320 e. The van der Waals surface area contributed by atoms with E-state index in [1.165, 1.54) is 0 Å². The first-order chi connectivity index (χ1) is 9.21. The maximum atomic E-state index is 11.8. The van der Waals surface area contributed by atoms with Gasteiger partial charge in [0.25, 0.3) is 0 Å². The molecule has 1 atom stereocenters. The quantitative estimate of drug-likeness (QED) is 0.652. The Bertz CT molecular complexity index is 381. The standard InChI is InChI=1S/C12H22N4O3/c1-3-7-16-11(4-6-13-16)15-12(18)14-10(9-17)5-8-19-2/h4,6,10,17H,3,5,7-9H2,1-2H3,(H2,14,15,18)/t10-/m0/s1. The Kier molecular flexibility index (Phi) is 6.91. The number of methoxy groups -OCH3 is 1. The zero-order chi connectivity index (χ0) is 14.1. The third-order valence-corrected chi connectivity index (χ3v) is 2.62. The molecule has 0 radical (unpaired) electrons. The number of rotatable bonds is 8. The van der Waals surface area contributed by atoms with E-state index in [4.69, 9.17) is 9.84 Å². The van der Waals surface area contributed by atoms with Crippen LogP contribution in [0.2, 0.25) is 0 Å². The Morgan fingerprint density at radius 3 is 3.05 bits per heavy atom. The van der Waals surface area contributed by atoms with Gasteiger partial charge in [-0.1, -0.05) is 6.92 Å². The van der Waals surface area contributed by atoms with Crippen molar-refractivity contribution in [3.8, 4) is 0 Å². The van der Waals surface area contributed by atoms with E-state index in [0.29, 0.717) is 18.8 Å². The van der Waals surface area contributed by atoms with Crippen molar-refractivity contribution in [2.24, 2.45) is 0 Å². The van der Waals surface area contributed by atoms with Crippen molar-refractivity contribution in [3.63, 3.8) is 0 Å². The van der Waals surface area contributed by atoms with Gasteiger partial charge in [-0.15, -0.1) is 0 Å². The molecule has 0 saturated heterocycles. The summed E-state index contributed by atoms with van der Waals surface area (Å²) in [6.45, 7) is 3.15. The summed E-state index contributed by atoms with van der Waals surface area (Å²) in [6, 6.07) is 1.06. The largest absolute Gasteiger partial charge is 0.394 e. The van der Waals surface area contributed by atoms with Gasteiger partial charge < -0.3 is 15.2 Å². The van der Waals surface area contributed by atoms with Crippen molar-refractivity contribution >= 4 is 11.8 Å². The van der Waals surface area contributed by atoms with E-state index in [1.807, 2.05) is 6.92 Å². The van der Waals surface area contributed by atoms with Crippen LogP contribution in [0.4, 0.5) is 10.6 Å². The highest BCUT2D eigenvalue weighted by atomic mass is 16.5. The molecule has 1 aromatic rings. The number of anilines is 1. The predicted molar refractivity (Wildman–Crippen MR) is 72.0 cm³/mol. The molecule has 0 bridgehead atoms. The summed E-state index contributed by atoms with van der Waals surface area (Å²) in [7, 11) is 1.58. The number of nitrogens with zero attached hydrogens (tertiary/aromatic N) is 2. The zero-order valence-electron chi connectivity index (χ0n) is 11.4. The molecule has 1 heterocycles. The highest BCUT2D eigenvalue weighted by Gasteiger charge is 2.12. The lowest BCUT2D eigenvalue weighted by molar-refractivity contribution is 0.161. The number of ether oxygens (including phenoxy) is 1. The Morgan fingerprint density at radius 2 is 2.42 bits per heavy atom. The first-order valence-electron chi connectivity index (χ1n) is 6.40. The maximum absolute atomic E-state index is 11.8. The van der Waals surface area contributed by atoms with Crippen molar-refractivity contribution in [1.29, 1.82) is 0 Å². The summed E-state index contributed by atoms with van der Waals surface area (Å²) in [5.74, 6) is 0.641. The molecule has 7 nitrogen and oxygen atoms in total. The fourth-order valence-electron chi connectivity index (χ4n) is 1.64. The van der Waals surface area contributed by atoms with Gasteiger partial charge in [-0.05, 0) is 12.8 Å². The topological polar surface area (TPSA) is 88.4 Å². The average Bonchev–Trinajstić information content (AvgIpc) is 2.82. The fourth-order valence-corrected chi connectivity index (χ4v) is 1.64. The first-order valence-corrected chi connectivity index (χ1v) is 6.40. The van der Waals surface area contributed by atoms with Gasteiger partial charge >= 0.3 is 6.03 Å². The van der Waals surface area contributed by atoms with E-state index < -0.39 is 0 Å². The lowest BCUT2D eigenvalue weighted by Crippen LogP contribution is -2.41. The Balaban J connectivity index is 2.47. The molecule has 0 spiro atoms. The molecule has 0 aliphatic heterocycles. The summed E-state index contributed by atoms with van der Waals surface area (Å²) in [5, 5.41) is 18.7. The van der Waals surface area contributed by atoms with Gasteiger partial charge in [-0.3, -0.25) is 5.32 Å². The van der Waals surface area contributed by atoms with Crippen LogP contribution < -0.4 is 10.6 Å². The minimum absolute atomic E-state index is 0.120. The number of hydrogen-bond acceptors (Lipinski definition) is 4. The Morgan fingerprint density at radius 1 is 1.63 bits per heavy atom. The number of carbonyl (C=O) groups is 1. The zero-order valence-corrected chi connectivity index (χ0v) is 11.4. The molecule has 1 aromatic heterocycles. The fraction of sp³-hybridized carbons (Fsp3) is 0.667. The summed E-state index contributed by atoms with van der Waals surface area (Å²) in [5.41, 5.74) is 0. The van der Waals surface area contributed by atoms with Crippen LogP contribution in [0.15, 0.2) is 12.3 Å². The minimum atomic E-state index is -0.354. The van der Waals surface area contributed by atoms with Crippen molar-refractivity contribution in [3.05, 3.63) is 12.3 Å². The van der Waals surface area contributed by atoms with Gasteiger partial charge in [-0.25, -0.2) is 9.48 Å². The van der Waals surface area contributed by atoms with Crippen molar-refractivity contribution < 1.29 is 14.6 Å². The number of nitrogens with one attached hydrogen (secondary N) is 2. The molecule has 0 fully saturated rings. The summed E-state index contributed by atoms with van der Waals surface area (Å²) >= 11 is 0. The molecular formula is C12H22N4O3. The second-order valence-electron chi connectivity index (χ2n) is 4.20. The third kappa shape index (κ3) is 5.27. The molecule has 7 heteroatoms. The number of carbonyl (C=O) groups excluding carboxylic acids is 1. The Labute approximate surface area is 112 Å². The Hall–Kier alpha value is -1.60. The van der Waals surface area contributed by atoms with Crippen LogP contribution >= 0.6 is 0 Å². The molecule has 19 heavy (non-hydrogen) atoms. The number of aryl methyl sites for hydroxylation is 1. The molecule has 0 saturated carbocycles. The number of aromatic nitrogens is 2. The van der Waals surface area contributed by atoms with E-state index >= 15 is 0 Å². The third-order valence-electron chi connectivity index (χ3n) is 2.62. The van der Waals surface area contributed by atoms with Crippen LogP contribution in [-0.2, 0) is 11.3 Å². The molecule has 0 aliphatic carbocycles. The number of aliphatic hydroxyl groups excluding tert-OH is 1.